The first-order valence-corrected chi connectivity index (χ1v) is 4.04. The maximum Gasteiger partial charge on any atom is 0.242 e. The molecule has 0 bridgehead atoms. The molecule has 5 heteroatoms. The van der Waals surface area contributed by atoms with Crippen LogP contribution in [0.3, 0.4) is 0 Å². The molecule has 0 spiro atoms. The van der Waals surface area contributed by atoms with Crippen LogP contribution in [0.5, 0.6) is 0 Å². The Kier molecular flexibility index (Phi) is 3.53. The predicted molar refractivity (Wildman–Crippen MR) is 42.9 cm³/mol. The predicted octanol–water partition coefficient (Wildman–Crippen LogP) is -1.24. The molecule has 0 aliphatic carbocycles. The summed E-state index contributed by atoms with van der Waals surface area (Å²) in [7, 11) is 0. The van der Waals surface area contributed by atoms with E-state index in [1.54, 1.807) is 0 Å². The molecule has 1 fully saturated rings. The summed E-state index contributed by atoms with van der Waals surface area (Å²) in [6.07, 6.45) is 2.35. The van der Waals surface area contributed by atoms with Crippen molar-refractivity contribution in [1.82, 2.24) is 16.2 Å². The highest BCUT2D eigenvalue weighted by Crippen LogP contribution is 2.08. The van der Waals surface area contributed by atoms with Gasteiger partial charge >= 0.3 is 0 Å². The number of amides is 2. The summed E-state index contributed by atoms with van der Waals surface area (Å²) >= 11 is 0. The standard InChI is InChI=1S/C7H13N3O2/c11-5-9-10-7(12)6-2-1-3-8-4-6/h5-6,8H,1-4H2,(H,9,11)(H,10,12)/t6-/m1/s1. The molecular formula is C7H13N3O2. The SMILES string of the molecule is O=CNNC(=O)[C@@H]1CCCNC1. The Balaban J connectivity index is 2.24. The van der Waals surface area contributed by atoms with Gasteiger partial charge in [0.25, 0.3) is 0 Å². The Bertz CT molecular complexity index is 166. The second kappa shape index (κ2) is 4.71. The molecule has 68 valence electrons. The zero-order valence-electron chi connectivity index (χ0n) is 6.80. The van der Waals surface area contributed by atoms with E-state index in [0.717, 1.165) is 19.4 Å². The van der Waals surface area contributed by atoms with Crippen LogP contribution in [0.2, 0.25) is 0 Å². The van der Waals surface area contributed by atoms with Crippen molar-refractivity contribution in [2.45, 2.75) is 12.8 Å². The molecule has 1 aliphatic heterocycles. The highest BCUT2D eigenvalue weighted by Gasteiger charge is 2.19. The second-order valence-corrected chi connectivity index (χ2v) is 2.79. The zero-order valence-corrected chi connectivity index (χ0v) is 6.80. The van der Waals surface area contributed by atoms with E-state index < -0.39 is 0 Å². The van der Waals surface area contributed by atoms with Crippen molar-refractivity contribution in [1.29, 1.82) is 0 Å². The van der Waals surface area contributed by atoms with Gasteiger partial charge in [0.1, 0.15) is 0 Å². The lowest BCUT2D eigenvalue weighted by Crippen LogP contribution is -2.45. The van der Waals surface area contributed by atoms with E-state index in [2.05, 4.69) is 16.2 Å². The number of carbonyl (C=O) groups excluding carboxylic acids is 2. The molecule has 0 aromatic heterocycles. The number of rotatable bonds is 3. The van der Waals surface area contributed by atoms with E-state index in [1.165, 1.54) is 0 Å². The number of piperidine rings is 1. The molecule has 0 unspecified atom stereocenters. The Morgan fingerprint density at radius 2 is 2.42 bits per heavy atom. The fraction of sp³-hybridized carbons (Fsp3) is 0.714. The van der Waals surface area contributed by atoms with Gasteiger partial charge in [-0.25, -0.2) is 0 Å². The zero-order chi connectivity index (χ0) is 8.81. The number of hydrogen-bond acceptors (Lipinski definition) is 3. The quantitative estimate of drug-likeness (QED) is 0.367. The molecule has 1 aliphatic rings. The van der Waals surface area contributed by atoms with Gasteiger partial charge < -0.3 is 5.32 Å². The maximum absolute atomic E-state index is 11.2. The van der Waals surface area contributed by atoms with E-state index >= 15 is 0 Å². The van der Waals surface area contributed by atoms with Crippen LogP contribution in [-0.4, -0.2) is 25.4 Å². The molecule has 12 heavy (non-hydrogen) atoms. The first-order valence-electron chi connectivity index (χ1n) is 4.04. The minimum atomic E-state index is -0.116. The lowest BCUT2D eigenvalue weighted by Gasteiger charge is -2.21. The minimum absolute atomic E-state index is 0.00815. The van der Waals surface area contributed by atoms with Crippen LogP contribution in [0.4, 0.5) is 0 Å². The lowest BCUT2D eigenvalue weighted by molar-refractivity contribution is -0.128. The van der Waals surface area contributed by atoms with Crippen LogP contribution < -0.4 is 16.2 Å². The van der Waals surface area contributed by atoms with E-state index in [9.17, 15) is 9.59 Å². The summed E-state index contributed by atoms with van der Waals surface area (Å²) in [5.74, 6) is -0.125. The summed E-state index contributed by atoms with van der Waals surface area (Å²) in [6, 6.07) is 0. The third-order valence-corrected chi connectivity index (χ3v) is 1.92. The van der Waals surface area contributed by atoms with Crippen molar-refractivity contribution in [2.24, 2.45) is 5.92 Å². The molecule has 5 nitrogen and oxygen atoms in total. The summed E-state index contributed by atoms with van der Waals surface area (Å²) in [5.41, 5.74) is 4.44. The van der Waals surface area contributed by atoms with Crippen LogP contribution in [0.1, 0.15) is 12.8 Å². The van der Waals surface area contributed by atoms with Gasteiger partial charge in [-0.3, -0.25) is 20.4 Å². The summed E-state index contributed by atoms with van der Waals surface area (Å²) in [6.45, 7) is 1.68. The largest absolute Gasteiger partial charge is 0.316 e. The number of nitrogens with one attached hydrogen (secondary N) is 3. The normalized spacial score (nSPS) is 22.8. The second-order valence-electron chi connectivity index (χ2n) is 2.79. The van der Waals surface area contributed by atoms with Crippen LogP contribution in [0.15, 0.2) is 0 Å². The van der Waals surface area contributed by atoms with Crippen molar-refractivity contribution in [2.75, 3.05) is 13.1 Å². The van der Waals surface area contributed by atoms with Crippen molar-refractivity contribution >= 4 is 12.3 Å². The number of hydrazine groups is 1. The molecule has 0 radical (unpaired) electrons. The molecule has 1 atom stereocenters. The molecule has 0 saturated carbocycles. The van der Waals surface area contributed by atoms with Crippen molar-refractivity contribution < 1.29 is 9.59 Å². The molecule has 1 rings (SSSR count). The van der Waals surface area contributed by atoms with Crippen LogP contribution >= 0.6 is 0 Å². The van der Waals surface area contributed by atoms with Crippen molar-refractivity contribution in [3.05, 3.63) is 0 Å². The monoisotopic (exact) mass is 171 g/mol. The Hall–Kier alpha value is -1.10. The van der Waals surface area contributed by atoms with E-state index in [4.69, 9.17) is 0 Å². The van der Waals surface area contributed by atoms with Crippen molar-refractivity contribution in [3.63, 3.8) is 0 Å². The van der Waals surface area contributed by atoms with Gasteiger partial charge in [-0.05, 0) is 19.4 Å². The van der Waals surface area contributed by atoms with Gasteiger partial charge in [0.2, 0.25) is 12.3 Å². The summed E-state index contributed by atoms with van der Waals surface area (Å²) < 4.78 is 0. The third kappa shape index (κ3) is 2.50. The Morgan fingerprint density at radius 1 is 1.58 bits per heavy atom. The molecule has 2 amide bonds. The van der Waals surface area contributed by atoms with Crippen LogP contribution in [-0.2, 0) is 9.59 Å². The van der Waals surface area contributed by atoms with Gasteiger partial charge in [-0.2, -0.15) is 0 Å². The van der Waals surface area contributed by atoms with Gasteiger partial charge in [-0.15, -0.1) is 0 Å². The summed E-state index contributed by atoms with van der Waals surface area (Å²) in [4.78, 5) is 21.0. The highest BCUT2D eigenvalue weighted by molar-refractivity contribution is 5.79. The molecule has 1 saturated heterocycles. The molecule has 1 heterocycles. The molecular weight excluding hydrogens is 158 g/mol. The molecule has 3 N–H and O–H groups in total. The Morgan fingerprint density at radius 3 is 3.00 bits per heavy atom. The highest BCUT2D eigenvalue weighted by atomic mass is 16.2. The lowest BCUT2D eigenvalue weighted by atomic mass is 9.99. The van der Waals surface area contributed by atoms with E-state index in [1.807, 2.05) is 0 Å². The van der Waals surface area contributed by atoms with Gasteiger partial charge in [-0.1, -0.05) is 0 Å². The number of hydrogen-bond donors (Lipinski definition) is 3. The fourth-order valence-corrected chi connectivity index (χ4v) is 1.28. The maximum atomic E-state index is 11.2. The Labute approximate surface area is 70.9 Å². The number of carbonyl (C=O) groups is 2. The van der Waals surface area contributed by atoms with Gasteiger partial charge in [0.05, 0.1) is 5.92 Å². The fourth-order valence-electron chi connectivity index (χ4n) is 1.28. The average molecular weight is 171 g/mol. The van der Waals surface area contributed by atoms with Crippen LogP contribution in [0, 0.1) is 5.92 Å². The topological polar surface area (TPSA) is 70.2 Å². The smallest absolute Gasteiger partial charge is 0.242 e. The first kappa shape index (κ1) is 8.99. The molecule has 0 aromatic carbocycles. The first-order chi connectivity index (χ1) is 5.84. The minimum Gasteiger partial charge on any atom is -0.316 e. The average Bonchev–Trinajstić information content (AvgIpc) is 2.15. The van der Waals surface area contributed by atoms with E-state index in [0.29, 0.717) is 13.0 Å². The third-order valence-electron chi connectivity index (χ3n) is 1.92. The molecule has 0 aromatic rings. The van der Waals surface area contributed by atoms with Crippen LogP contribution in [0.25, 0.3) is 0 Å². The summed E-state index contributed by atoms with van der Waals surface area (Å²) in [5, 5.41) is 3.12. The van der Waals surface area contributed by atoms with Gasteiger partial charge in [0.15, 0.2) is 0 Å². The van der Waals surface area contributed by atoms with Gasteiger partial charge in [0, 0.05) is 6.54 Å². The van der Waals surface area contributed by atoms with Crippen molar-refractivity contribution in [3.8, 4) is 0 Å². The van der Waals surface area contributed by atoms with E-state index in [-0.39, 0.29) is 11.8 Å².